The smallest absolute Gasteiger partial charge is 0.326 e. The number of hydrogen-bond donors (Lipinski definition) is 2. The zero-order valence-electron chi connectivity index (χ0n) is 17.5. The molecule has 1 aliphatic carbocycles. The number of amides is 4. The molecular weight excluding hydrogens is 386 g/mol. The molecule has 0 spiro atoms. The van der Waals surface area contributed by atoms with Crippen LogP contribution < -0.4 is 10.6 Å². The lowest BCUT2D eigenvalue weighted by molar-refractivity contribution is -0.151. The van der Waals surface area contributed by atoms with Crippen LogP contribution in [0.25, 0.3) is 0 Å². The third-order valence-electron chi connectivity index (χ3n) is 6.08. The van der Waals surface area contributed by atoms with E-state index in [4.69, 9.17) is 4.74 Å². The Morgan fingerprint density at radius 3 is 2.57 bits per heavy atom. The van der Waals surface area contributed by atoms with E-state index in [0.717, 1.165) is 30.6 Å². The van der Waals surface area contributed by atoms with Crippen molar-refractivity contribution in [1.82, 2.24) is 15.5 Å². The first-order chi connectivity index (χ1) is 14.4. The van der Waals surface area contributed by atoms with Crippen LogP contribution >= 0.6 is 0 Å². The molecule has 0 unspecified atom stereocenters. The first-order valence-corrected chi connectivity index (χ1v) is 10.5. The maximum atomic E-state index is 13.0. The van der Waals surface area contributed by atoms with Crippen molar-refractivity contribution >= 4 is 23.8 Å². The van der Waals surface area contributed by atoms with Gasteiger partial charge in [-0.3, -0.25) is 19.3 Å². The van der Waals surface area contributed by atoms with Gasteiger partial charge in [-0.1, -0.05) is 57.0 Å². The number of benzene rings is 1. The lowest BCUT2D eigenvalue weighted by Crippen LogP contribution is -2.44. The zero-order chi connectivity index (χ0) is 21.7. The van der Waals surface area contributed by atoms with E-state index in [2.05, 4.69) is 17.6 Å². The fourth-order valence-electron chi connectivity index (χ4n) is 4.23. The Balaban J connectivity index is 1.55. The third kappa shape index (κ3) is 4.47. The fourth-order valence-corrected chi connectivity index (χ4v) is 4.23. The second-order valence-electron chi connectivity index (χ2n) is 8.04. The molecular formula is C22H29N3O5. The summed E-state index contributed by atoms with van der Waals surface area (Å²) in [6.07, 6.45) is 4.56. The van der Waals surface area contributed by atoms with Crippen LogP contribution in [-0.2, 0) is 24.7 Å². The lowest BCUT2D eigenvalue weighted by atomic mass is 9.86. The molecule has 8 nitrogen and oxygen atoms in total. The van der Waals surface area contributed by atoms with E-state index in [1.165, 1.54) is 0 Å². The summed E-state index contributed by atoms with van der Waals surface area (Å²) in [5, 5.41) is 5.62. The Morgan fingerprint density at radius 2 is 1.90 bits per heavy atom. The summed E-state index contributed by atoms with van der Waals surface area (Å²) in [6.45, 7) is 2.93. The number of nitrogens with one attached hydrogen (secondary N) is 2. The first-order valence-electron chi connectivity index (χ1n) is 10.5. The van der Waals surface area contributed by atoms with Crippen molar-refractivity contribution in [3.8, 4) is 0 Å². The summed E-state index contributed by atoms with van der Waals surface area (Å²) >= 11 is 0. The second-order valence-corrected chi connectivity index (χ2v) is 8.04. The molecule has 8 heteroatoms. The van der Waals surface area contributed by atoms with Gasteiger partial charge in [0.25, 0.3) is 11.8 Å². The summed E-state index contributed by atoms with van der Waals surface area (Å²) in [6, 6.07) is 8.36. The second kappa shape index (κ2) is 9.28. The Hall–Kier alpha value is -2.90. The number of esters is 1. The molecule has 0 radical (unpaired) electrons. The number of carbonyl (C=O) groups excluding carboxylic acids is 4. The van der Waals surface area contributed by atoms with Gasteiger partial charge in [0, 0.05) is 6.04 Å². The average Bonchev–Trinajstić information content (AvgIpc) is 2.99. The van der Waals surface area contributed by atoms with Crippen LogP contribution in [-0.4, -0.2) is 47.9 Å². The van der Waals surface area contributed by atoms with Gasteiger partial charge >= 0.3 is 12.0 Å². The number of nitrogens with zero attached hydrogens (tertiary/aromatic N) is 1. The molecule has 0 aromatic heterocycles. The topological polar surface area (TPSA) is 105 Å². The van der Waals surface area contributed by atoms with Crippen molar-refractivity contribution in [1.29, 1.82) is 0 Å². The van der Waals surface area contributed by atoms with Gasteiger partial charge in [-0.2, -0.15) is 0 Å². The molecule has 1 saturated carbocycles. The minimum atomic E-state index is -1.20. The van der Waals surface area contributed by atoms with Crippen molar-refractivity contribution in [2.24, 2.45) is 5.92 Å². The highest BCUT2D eigenvalue weighted by molar-refractivity contribution is 6.09. The molecule has 1 aromatic carbocycles. The Labute approximate surface area is 176 Å². The van der Waals surface area contributed by atoms with Crippen molar-refractivity contribution in [3.05, 3.63) is 35.9 Å². The summed E-state index contributed by atoms with van der Waals surface area (Å²) in [5.74, 6) is -1.28. The van der Waals surface area contributed by atoms with Crippen molar-refractivity contribution in [2.45, 2.75) is 57.5 Å². The van der Waals surface area contributed by atoms with E-state index in [9.17, 15) is 19.2 Å². The largest absolute Gasteiger partial charge is 0.454 e. The van der Waals surface area contributed by atoms with Crippen LogP contribution in [0.15, 0.2) is 30.3 Å². The van der Waals surface area contributed by atoms with Gasteiger partial charge in [-0.25, -0.2) is 4.79 Å². The van der Waals surface area contributed by atoms with E-state index < -0.39 is 36.6 Å². The van der Waals surface area contributed by atoms with Gasteiger partial charge in [0.15, 0.2) is 6.61 Å². The molecule has 2 fully saturated rings. The van der Waals surface area contributed by atoms with Crippen LogP contribution in [0, 0.1) is 5.92 Å². The van der Waals surface area contributed by atoms with Crippen LogP contribution in [0.2, 0.25) is 0 Å². The van der Waals surface area contributed by atoms with Crippen LogP contribution in [0.4, 0.5) is 4.79 Å². The predicted octanol–water partition coefficient (Wildman–Crippen LogP) is 2.08. The Morgan fingerprint density at radius 1 is 1.20 bits per heavy atom. The molecule has 1 heterocycles. The third-order valence-corrected chi connectivity index (χ3v) is 6.08. The zero-order valence-corrected chi connectivity index (χ0v) is 17.5. The molecule has 162 valence electrons. The molecule has 1 aromatic rings. The van der Waals surface area contributed by atoms with E-state index in [-0.39, 0.29) is 11.9 Å². The summed E-state index contributed by atoms with van der Waals surface area (Å²) < 4.78 is 5.02. The van der Waals surface area contributed by atoms with Gasteiger partial charge in [-0.15, -0.1) is 0 Å². The Bertz CT molecular complexity index is 812. The number of urea groups is 1. The summed E-state index contributed by atoms with van der Waals surface area (Å²) in [4.78, 5) is 50.6. The average molecular weight is 415 g/mol. The van der Waals surface area contributed by atoms with Gasteiger partial charge in [0.2, 0.25) is 0 Å². The summed E-state index contributed by atoms with van der Waals surface area (Å²) in [5.41, 5.74) is -0.546. The van der Waals surface area contributed by atoms with Crippen molar-refractivity contribution in [2.75, 3.05) is 13.2 Å². The van der Waals surface area contributed by atoms with Gasteiger partial charge in [-0.05, 0) is 30.7 Å². The molecule has 1 saturated heterocycles. The van der Waals surface area contributed by atoms with Crippen molar-refractivity contribution < 1.29 is 23.9 Å². The van der Waals surface area contributed by atoms with E-state index in [1.54, 1.807) is 31.2 Å². The number of carbonyl (C=O) groups is 4. The van der Waals surface area contributed by atoms with Gasteiger partial charge in [0.1, 0.15) is 12.1 Å². The van der Waals surface area contributed by atoms with Gasteiger partial charge in [0.05, 0.1) is 0 Å². The molecule has 4 amide bonds. The summed E-state index contributed by atoms with van der Waals surface area (Å²) in [7, 11) is 0. The first kappa shape index (κ1) is 21.8. The fraction of sp³-hybridized carbons (Fsp3) is 0.545. The minimum absolute atomic E-state index is 0.0898. The molecule has 1 aliphatic heterocycles. The highest BCUT2D eigenvalue weighted by Crippen LogP contribution is 2.32. The molecule has 30 heavy (non-hydrogen) atoms. The molecule has 2 N–H and O–H groups in total. The molecule has 0 bridgehead atoms. The maximum Gasteiger partial charge on any atom is 0.326 e. The number of rotatable bonds is 7. The molecule has 3 atom stereocenters. The SMILES string of the molecule is CC[C@]1(c2ccccc2)NC(=O)N(CC(=O)OCC(=O)N[C@@H]2CCCC[C@@H]2C)C1=O. The van der Waals surface area contributed by atoms with Crippen LogP contribution in [0.5, 0.6) is 0 Å². The van der Waals surface area contributed by atoms with Gasteiger partial charge < -0.3 is 15.4 Å². The standard InChI is InChI=1S/C22H29N3O5/c1-3-22(16-10-5-4-6-11-16)20(28)25(21(29)24-22)13-19(27)30-14-18(26)23-17-12-8-7-9-15(17)2/h4-6,10-11,15,17H,3,7-9,12-14H2,1-2H3,(H,23,26)(H,24,29)/t15-,17+,22+/m0/s1. The lowest BCUT2D eigenvalue weighted by Gasteiger charge is -2.29. The number of hydrogen-bond acceptors (Lipinski definition) is 5. The van der Waals surface area contributed by atoms with E-state index in [0.29, 0.717) is 17.9 Å². The van der Waals surface area contributed by atoms with Crippen molar-refractivity contribution in [3.63, 3.8) is 0 Å². The molecule has 2 aliphatic rings. The predicted molar refractivity (Wildman–Crippen MR) is 109 cm³/mol. The monoisotopic (exact) mass is 415 g/mol. The molecule has 3 rings (SSSR count). The van der Waals surface area contributed by atoms with E-state index in [1.807, 2.05) is 6.07 Å². The number of imide groups is 1. The number of ether oxygens (including phenoxy) is 1. The van der Waals surface area contributed by atoms with Crippen LogP contribution in [0.3, 0.4) is 0 Å². The normalized spacial score (nSPS) is 26.3. The Kier molecular flexibility index (Phi) is 6.74. The van der Waals surface area contributed by atoms with E-state index >= 15 is 0 Å². The maximum absolute atomic E-state index is 13.0. The highest BCUT2D eigenvalue weighted by Gasteiger charge is 2.51. The minimum Gasteiger partial charge on any atom is -0.454 e. The van der Waals surface area contributed by atoms with Crippen LogP contribution in [0.1, 0.15) is 51.5 Å². The quantitative estimate of drug-likeness (QED) is 0.524. The highest BCUT2D eigenvalue weighted by atomic mass is 16.5.